The van der Waals surface area contributed by atoms with Crippen LogP contribution in [0.1, 0.15) is 44.8 Å². The van der Waals surface area contributed by atoms with Gasteiger partial charge in [0.1, 0.15) is 11.3 Å². The zero-order chi connectivity index (χ0) is 11.3. The van der Waals surface area contributed by atoms with E-state index in [1.807, 2.05) is 13.8 Å². The van der Waals surface area contributed by atoms with Gasteiger partial charge in [-0.05, 0) is 25.8 Å². The predicted octanol–water partition coefficient (Wildman–Crippen LogP) is 3.18. The number of hydrogen-bond donors (Lipinski definition) is 0. The van der Waals surface area contributed by atoms with Gasteiger partial charge < -0.3 is 4.74 Å². The summed E-state index contributed by atoms with van der Waals surface area (Å²) in [4.78, 5) is 8.62. The van der Waals surface area contributed by atoms with Crippen LogP contribution in [0.4, 0.5) is 0 Å². The van der Waals surface area contributed by atoms with Crippen LogP contribution in [0.5, 0.6) is 0 Å². The molecule has 0 aliphatic heterocycles. The Balaban J connectivity index is 2.95. The van der Waals surface area contributed by atoms with Gasteiger partial charge in [-0.2, -0.15) is 0 Å². The van der Waals surface area contributed by atoms with Crippen molar-refractivity contribution in [2.45, 2.75) is 39.7 Å². The smallest absolute Gasteiger partial charge is 0.159 e. The molecule has 1 rings (SSSR count). The number of ether oxygens (including phenoxy) is 1. The molecular weight excluding hydrogens is 212 g/mol. The number of halogens is 1. The minimum Gasteiger partial charge on any atom is -0.371 e. The number of aryl methyl sites for hydroxylation is 1. The van der Waals surface area contributed by atoms with Crippen LogP contribution in [0.2, 0.25) is 5.15 Å². The maximum Gasteiger partial charge on any atom is 0.159 e. The van der Waals surface area contributed by atoms with Crippen molar-refractivity contribution in [3.8, 4) is 0 Å². The average molecular weight is 229 g/mol. The van der Waals surface area contributed by atoms with Crippen LogP contribution in [-0.2, 0) is 11.2 Å². The second kappa shape index (κ2) is 6.03. The maximum absolute atomic E-state index is 5.92. The van der Waals surface area contributed by atoms with Gasteiger partial charge in [0.2, 0.25) is 0 Å². The summed E-state index contributed by atoms with van der Waals surface area (Å²) in [6, 6.07) is 1.80. The molecule has 0 bridgehead atoms. The SMILES string of the molecule is CCOC(CC)c1nc(Cl)cc(CC)n1. The fraction of sp³-hybridized carbons (Fsp3) is 0.636. The van der Waals surface area contributed by atoms with E-state index in [9.17, 15) is 0 Å². The van der Waals surface area contributed by atoms with Crippen LogP contribution in [0, 0.1) is 0 Å². The van der Waals surface area contributed by atoms with Crippen LogP contribution in [0.15, 0.2) is 6.07 Å². The van der Waals surface area contributed by atoms with E-state index in [0.717, 1.165) is 18.5 Å². The first kappa shape index (κ1) is 12.4. The summed E-state index contributed by atoms with van der Waals surface area (Å²) >= 11 is 5.92. The van der Waals surface area contributed by atoms with Crippen molar-refractivity contribution in [3.05, 3.63) is 22.7 Å². The van der Waals surface area contributed by atoms with Crippen molar-refractivity contribution in [2.75, 3.05) is 6.61 Å². The third-order valence-corrected chi connectivity index (χ3v) is 2.35. The van der Waals surface area contributed by atoms with Gasteiger partial charge in [-0.3, -0.25) is 0 Å². The molecule has 0 amide bonds. The van der Waals surface area contributed by atoms with Gasteiger partial charge in [0.05, 0.1) is 0 Å². The largest absolute Gasteiger partial charge is 0.371 e. The molecule has 4 heteroatoms. The van der Waals surface area contributed by atoms with E-state index in [1.165, 1.54) is 0 Å². The zero-order valence-electron chi connectivity index (χ0n) is 9.46. The summed E-state index contributed by atoms with van der Waals surface area (Å²) in [7, 11) is 0. The number of nitrogens with zero attached hydrogens (tertiary/aromatic N) is 2. The predicted molar refractivity (Wildman–Crippen MR) is 61.1 cm³/mol. The Morgan fingerprint density at radius 2 is 2.07 bits per heavy atom. The van der Waals surface area contributed by atoms with E-state index in [4.69, 9.17) is 16.3 Å². The molecule has 1 heterocycles. The minimum absolute atomic E-state index is 0.0426. The topological polar surface area (TPSA) is 35.0 Å². The molecule has 0 N–H and O–H groups in total. The van der Waals surface area contributed by atoms with Crippen LogP contribution in [0.25, 0.3) is 0 Å². The third-order valence-electron chi connectivity index (χ3n) is 2.15. The van der Waals surface area contributed by atoms with Crippen LogP contribution >= 0.6 is 11.6 Å². The average Bonchev–Trinajstić information content (AvgIpc) is 2.24. The Morgan fingerprint density at radius 1 is 1.33 bits per heavy atom. The van der Waals surface area contributed by atoms with Crippen molar-refractivity contribution in [1.29, 1.82) is 0 Å². The Hall–Kier alpha value is -0.670. The lowest BCUT2D eigenvalue weighted by Crippen LogP contribution is -2.09. The molecule has 0 saturated heterocycles. The highest BCUT2D eigenvalue weighted by Crippen LogP contribution is 2.19. The standard InChI is InChI=1S/C11H17ClN2O/c1-4-8-7-10(12)14-11(13-8)9(5-2)15-6-3/h7,9H,4-6H2,1-3H3. The molecule has 1 unspecified atom stereocenters. The van der Waals surface area contributed by atoms with Gasteiger partial charge >= 0.3 is 0 Å². The number of rotatable bonds is 5. The van der Waals surface area contributed by atoms with Crippen molar-refractivity contribution in [3.63, 3.8) is 0 Å². The maximum atomic E-state index is 5.92. The summed E-state index contributed by atoms with van der Waals surface area (Å²) in [5, 5.41) is 0.495. The van der Waals surface area contributed by atoms with Gasteiger partial charge in [-0.25, -0.2) is 9.97 Å². The van der Waals surface area contributed by atoms with Gasteiger partial charge in [0, 0.05) is 12.3 Å². The highest BCUT2D eigenvalue weighted by molar-refractivity contribution is 6.29. The van der Waals surface area contributed by atoms with Gasteiger partial charge in [0.25, 0.3) is 0 Å². The molecule has 15 heavy (non-hydrogen) atoms. The molecular formula is C11H17ClN2O. The first-order valence-corrected chi connectivity index (χ1v) is 5.73. The summed E-state index contributed by atoms with van der Waals surface area (Å²) < 4.78 is 5.55. The fourth-order valence-electron chi connectivity index (χ4n) is 1.38. The third kappa shape index (κ3) is 3.43. The lowest BCUT2D eigenvalue weighted by Gasteiger charge is -2.14. The molecule has 1 aromatic heterocycles. The minimum atomic E-state index is -0.0426. The summed E-state index contributed by atoms with van der Waals surface area (Å²) in [6.07, 6.45) is 1.67. The van der Waals surface area contributed by atoms with Crippen LogP contribution < -0.4 is 0 Å². The second-order valence-corrected chi connectivity index (χ2v) is 3.63. The summed E-state index contributed by atoms with van der Waals surface area (Å²) in [6.45, 7) is 6.73. The first-order chi connectivity index (χ1) is 7.21. The van der Waals surface area contributed by atoms with E-state index in [-0.39, 0.29) is 6.10 Å². The monoisotopic (exact) mass is 228 g/mol. The van der Waals surface area contributed by atoms with E-state index in [1.54, 1.807) is 6.07 Å². The molecule has 0 spiro atoms. The van der Waals surface area contributed by atoms with Crippen molar-refractivity contribution < 1.29 is 4.74 Å². The first-order valence-electron chi connectivity index (χ1n) is 5.36. The van der Waals surface area contributed by atoms with E-state index >= 15 is 0 Å². The molecule has 1 atom stereocenters. The van der Waals surface area contributed by atoms with E-state index in [2.05, 4.69) is 16.9 Å². The molecule has 1 aromatic rings. The number of hydrogen-bond acceptors (Lipinski definition) is 3. The molecule has 0 aliphatic rings. The number of aromatic nitrogens is 2. The molecule has 3 nitrogen and oxygen atoms in total. The lowest BCUT2D eigenvalue weighted by molar-refractivity contribution is 0.0533. The molecule has 0 fully saturated rings. The van der Waals surface area contributed by atoms with Crippen LogP contribution in [-0.4, -0.2) is 16.6 Å². The Morgan fingerprint density at radius 3 is 2.60 bits per heavy atom. The summed E-state index contributed by atoms with van der Waals surface area (Å²) in [5.41, 5.74) is 0.961. The summed E-state index contributed by atoms with van der Waals surface area (Å²) in [5.74, 6) is 0.698. The van der Waals surface area contributed by atoms with Gasteiger partial charge in [0.15, 0.2) is 5.82 Å². The van der Waals surface area contributed by atoms with Crippen LogP contribution in [0.3, 0.4) is 0 Å². The molecule has 84 valence electrons. The Kier molecular flexibility index (Phi) is 4.99. The molecule has 0 saturated carbocycles. The van der Waals surface area contributed by atoms with Crippen molar-refractivity contribution in [2.24, 2.45) is 0 Å². The van der Waals surface area contributed by atoms with Crippen molar-refractivity contribution >= 4 is 11.6 Å². The molecule has 0 aliphatic carbocycles. The van der Waals surface area contributed by atoms with Gasteiger partial charge in [-0.15, -0.1) is 0 Å². The molecule has 0 aromatic carbocycles. The Labute approximate surface area is 95.8 Å². The fourth-order valence-corrected chi connectivity index (χ4v) is 1.60. The van der Waals surface area contributed by atoms with Crippen molar-refractivity contribution in [1.82, 2.24) is 9.97 Å². The van der Waals surface area contributed by atoms with E-state index in [0.29, 0.717) is 17.6 Å². The normalized spacial score (nSPS) is 12.8. The quantitative estimate of drug-likeness (QED) is 0.726. The van der Waals surface area contributed by atoms with E-state index < -0.39 is 0 Å². The molecule has 0 radical (unpaired) electrons. The highest BCUT2D eigenvalue weighted by Gasteiger charge is 2.13. The lowest BCUT2D eigenvalue weighted by atomic mass is 10.2. The zero-order valence-corrected chi connectivity index (χ0v) is 10.2. The Bertz CT molecular complexity index is 317. The van der Waals surface area contributed by atoms with Gasteiger partial charge in [-0.1, -0.05) is 25.4 Å². The highest BCUT2D eigenvalue weighted by atomic mass is 35.5. The second-order valence-electron chi connectivity index (χ2n) is 3.25.